The Bertz CT molecular complexity index is 1010. The smallest absolute Gasteiger partial charge is 0.279 e. The molecular weight excluding hydrogens is 376 g/mol. The maximum Gasteiger partial charge on any atom is 0.279 e. The minimum absolute atomic E-state index is 0.0140. The van der Waals surface area contributed by atoms with E-state index in [0.29, 0.717) is 11.4 Å². The number of hydrogen-bond acceptors (Lipinski definition) is 3. The lowest BCUT2D eigenvalue weighted by molar-refractivity contribution is -0.130. The van der Waals surface area contributed by atoms with E-state index in [4.69, 9.17) is 0 Å². The van der Waals surface area contributed by atoms with Crippen LogP contribution in [0.2, 0.25) is 0 Å². The lowest BCUT2D eigenvalue weighted by Gasteiger charge is -2.30. The largest absolute Gasteiger partial charge is 0.341 e. The van der Waals surface area contributed by atoms with Gasteiger partial charge in [-0.2, -0.15) is 5.10 Å². The summed E-state index contributed by atoms with van der Waals surface area (Å²) < 4.78 is 1.67. The van der Waals surface area contributed by atoms with Crippen LogP contribution in [0.4, 0.5) is 5.69 Å². The molecule has 1 aliphatic rings. The molecule has 1 aromatic heterocycles. The van der Waals surface area contributed by atoms with E-state index < -0.39 is 0 Å². The molecule has 0 spiro atoms. The van der Waals surface area contributed by atoms with Crippen molar-refractivity contribution in [3.05, 3.63) is 78.1 Å². The van der Waals surface area contributed by atoms with Gasteiger partial charge in [-0.05, 0) is 56.5 Å². The Morgan fingerprint density at radius 2 is 1.63 bits per heavy atom. The van der Waals surface area contributed by atoms with Gasteiger partial charge in [0, 0.05) is 25.0 Å². The van der Waals surface area contributed by atoms with E-state index in [9.17, 15) is 9.59 Å². The van der Waals surface area contributed by atoms with E-state index in [1.807, 2.05) is 66.4 Å². The summed E-state index contributed by atoms with van der Waals surface area (Å²) in [5.74, 6) is -0.301. The van der Waals surface area contributed by atoms with Crippen LogP contribution < -0.4 is 4.90 Å². The molecular formula is C24H26N4O2. The summed E-state index contributed by atoms with van der Waals surface area (Å²) in [4.78, 5) is 29.7. The number of hydrogen-bond donors (Lipinski definition) is 0. The Labute approximate surface area is 176 Å². The molecule has 1 aliphatic heterocycles. The highest BCUT2D eigenvalue weighted by atomic mass is 16.2. The van der Waals surface area contributed by atoms with Crippen LogP contribution in [0.3, 0.4) is 0 Å². The monoisotopic (exact) mass is 402 g/mol. The molecule has 4 rings (SSSR count). The van der Waals surface area contributed by atoms with Crippen molar-refractivity contribution in [3.63, 3.8) is 0 Å². The molecule has 3 aromatic rings. The molecule has 6 nitrogen and oxygen atoms in total. The fourth-order valence-corrected chi connectivity index (χ4v) is 3.68. The molecule has 0 radical (unpaired) electrons. The van der Waals surface area contributed by atoms with E-state index >= 15 is 0 Å². The molecule has 30 heavy (non-hydrogen) atoms. The van der Waals surface area contributed by atoms with Gasteiger partial charge in [0.25, 0.3) is 5.91 Å². The van der Waals surface area contributed by atoms with E-state index in [0.717, 1.165) is 43.6 Å². The summed E-state index contributed by atoms with van der Waals surface area (Å²) in [7, 11) is 0. The second-order valence-electron chi connectivity index (χ2n) is 7.65. The summed E-state index contributed by atoms with van der Waals surface area (Å²) >= 11 is 0. The summed E-state index contributed by atoms with van der Waals surface area (Å²) in [6.07, 6.45) is 4.96. The zero-order valence-electron chi connectivity index (χ0n) is 17.2. The fraction of sp³-hybridized carbons (Fsp3) is 0.292. The summed E-state index contributed by atoms with van der Waals surface area (Å²) in [5.41, 5.74) is 2.99. The van der Waals surface area contributed by atoms with E-state index in [-0.39, 0.29) is 18.4 Å². The topological polar surface area (TPSA) is 58.4 Å². The summed E-state index contributed by atoms with van der Waals surface area (Å²) in [6.45, 7) is 3.53. The predicted octanol–water partition coefficient (Wildman–Crippen LogP) is 3.84. The lowest BCUT2D eigenvalue weighted by atomic mass is 10.1. The molecule has 154 valence electrons. The van der Waals surface area contributed by atoms with Crippen molar-refractivity contribution in [1.29, 1.82) is 0 Å². The Morgan fingerprint density at radius 1 is 0.933 bits per heavy atom. The molecule has 2 aromatic carbocycles. The van der Waals surface area contributed by atoms with Gasteiger partial charge in [0.15, 0.2) is 5.69 Å². The molecule has 0 N–H and O–H groups in total. The number of aromatic nitrogens is 2. The van der Waals surface area contributed by atoms with Crippen LogP contribution in [-0.2, 0) is 4.79 Å². The number of anilines is 1. The van der Waals surface area contributed by atoms with Gasteiger partial charge >= 0.3 is 0 Å². The van der Waals surface area contributed by atoms with Crippen molar-refractivity contribution in [2.45, 2.75) is 26.2 Å². The van der Waals surface area contributed by atoms with Crippen molar-refractivity contribution >= 4 is 17.5 Å². The van der Waals surface area contributed by atoms with Gasteiger partial charge in [-0.3, -0.25) is 14.5 Å². The Kier molecular flexibility index (Phi) is 5.93. The average Bonchev–Trinajstić information content (AvgIpc) is 3.29. The van der Waals surface area contributed by atoms with Gasteiger partial charge in [-0.15, -0.1) is 0 Å². The standard InChI is InChI=1S/C24H26N4O2/c1-19-10-12-20(13-11-19)27(18-23(29)26-15-6-3-7-16-26)24(30)22-14-17-28(25-22)21-8-4-2-5-9-21/h2,4-5,8-14,17H,3,6-7,15-16,18H2,1H3. The highest BCUT2D eigenvalue weighted by Gasteiger charge is 2.26. The highest BCUT2D eigenvalue weighted by molar-refractivity contribution is 6.07. The minimum Gasteiger partial charge on any atom is -0.341 e. The molecule has 0 saturated carbocycles. The van der Waals surface area contributed by atoms with E-state index in [2.05, 4.69) is 5.10 Å². The molecule has 1 saturated heterocycles. The number of carbonyl (C=O) groups is 2. The van der Waals surface area contributed by atoms with Crippen molar-refractivity contribution < 1.29 is 9.59 Å². The van der Waals surface area contributed by atoms with Crippen molar-refractivity contribution in [1.82, 2.24) is 14.7 Å². The van der Waals surface area contributed by atoms with Gasteiger partial charge in [0.1, 0.15) is 6.54 Å². The second-order valence-corrected chi connectivity index (χ2v) is 7.65. The number of nitrogens with zero attached hydrogens (tertiary/aromatic N) is 4. The SMILES string of the molecule is Cc1ccc(N(CC(=O)N2CCCCC2)C(=O)c2ccn(-c3ccccc3)n2)cc1. The molecule has 2 amide bonds. The number of rotatable bonds is 5. The normalized spacial score (nSPS) is 13.8. The van der Waals surface area contributed by atoms with Crippen LogP contribution in [-0.4, -0.2) is 46.1 Å². The van der Waals surface area contributed by atoms with Crippen LogP contribution in [0, 0.1) is 6.92 Å². The van der Waals surface area contributed by atoms with Crippen LogP contribution in [0.5, 0.6) is 0 Å². The van der Waals surface area contributed by atoms with Crippen LogP contribution >= 0.6 is 0 Å². The first-order valence-corrected chi connectivity index (χ1v) is 10.4. The average molecular weight is 402 g/mol. The van der Waals surface area contributed by atoms with E-state index in [1.165, 1.54) is 4.90 Å². The third-order valence-corrected chi connectivity index (χ3v) is 5.42. The van der Waals surface area contributed by atoms with Crippen LogP contribution in [0.15, 0.2) is 66.9 Å². The van der Waals surface area contributed by atoms with Crippen molar-refractivity contribution in [3.8, 4) is 5.69 Å². The third-order valence-electron chi connectivity index (χ3n) is 5.42. The number of aryl methyl sites for hydroxylation is 1. The third kappa shape index (κ3) is 4.43. The number of likely N-dealkylation sites (tertiary alicyclic amines) is 1. The molecule has 0 unspecified atom stereocenters. The molecule has 6 heteroatoms. The molecule has 0 bridgehead atoms. The summed E-state index contributed by atoms with van der Waals surface area (Å²) in [6, 6.07) is 19.0. The van der Waals surface area contributed by atoms with Gasteiger partial charge < -0.3 is 4.90 Å². The van der Waals surface area contributed by atoms with E-state index in [1.54, 1.807) is 16.9 Å². The lowest BCUT2D eigenvalue weighted by Crippen LogP contribution is -2.45. The number of piperidine rings is 1. The highest BCUT2D eigenvalue weighted by Crippen LogP contribution is 2.19. The number of carbonyl (C=O) groups excluding carboxylic acids is 2. The molecule has 0 aliphatic carbocycles. The van der Waals surface area contributed by atoms with Crippen molar-refractivity contribution in [2.24, 2.45) is 0 Å². The number of benzene rings is 2. The predicted molar refractivity (Wildman–Crippen MR) is 117 cm³/mol. The zero-order chi connectivity index (χ0) is 20.9. The molecule has 1 fully saturated rings. The maximum absolute atomic E-state index is 13.4. The number of amides is 2. The van der Waals surface area contributed by atoms with Gasteiger partial charge in [0.2, 0.25) is 5.91 Å². The first kappa shape index (κ1) is 19.9. The first-order valence-electron chi connectivity index (χ1n) is 10.4. The molecule has 2 heterocycles. The van der Waals surface area contributed by atoms with Crippen molar-refractivity contribution in [2.75, 3.05) is 24.5 Å². The fourth-order valence-electron chi connectivity index (χ4n) is 3.68. The minimum atomic E-state index is -0.279. The van der Waals surface area contributed by atoms with Crippen LogP contribution in [0.25, 0.3) is 5.69 Å². The zero-order valence-corrected chi connectivity index (χ0v) is 17.2. The molecule has 0 atom stereocenters. The number of para-hydroxylation sites is 1. The Hall–Kier alpha value is -3.41. The second kappa shape index (κ2) is 8.95. The van der Waals surface area contributed by atoms with Gasteiger partial charge in [-0.25, -0.2) is 4.68 Å². The Balaban J connectivity index is 1.60. The Morgan fingerprint density at radius 3 is 2.33 bits per heavy atom. The van der Waals surface area contributed by atoms with Crippen LogP contribution in [0.1, 0.15) is 35.3 Å². The quantitative estimate of drug-likeness (QED) is 0.652. The first-order chi connectivity index (χ1) is 14.6. The van der Waals surface area contributed by atoms with Gasteiger partial charge in [-0.1, -0.05) is 35.9 Å². The van der Waals surface area contributed by atoms with Gasteiger partial charge in [0.05, 0.1) is 5.69 Å². The maximum atomic E-state index is 13.4. The summed E-state index contributed by atoms with van der Waals surface area (Å²) in [5, 5.41) is 4.46.